The van der Waals surface area contributed by atoms with Crippen molar-refractivity contribution in [3.63, 3.8) is 0 Å². The van der Waals surface area contributed by atoms with E-state index < -0.39 is 12.0 Å². The third-order valence-corrected chi connectivity index (χ3v) is 6.21. The van der Waals surface area contributed by atoms with Crippen LogP contribution >= 0.6 is 23.2 Å². The first-order valence-corrected chi connectivity index (χ1v) is 11.2. The molecule has 2 aromatic carbocycles. The number of halogens is 2. The molecule has 4 rings (SSSR count). The molecule has 1 fully saturated rings. The number of hydrogen-bond acceptors (Lipinski definition) is 5. The lowest BCUT2D eigenvalue weighted by Crippen LogP contribution is -2.46. The van der Waals surface area contributed by atoms with E-state index in [2.05, 4.69) is 16.6 Å². The number of hydrazine groups is 1. The third-order valence-electron chi connectivity index (χ3n) is 5.64. The number of benzene rings is 2. The summed E-state index contributed by atoms with van der Waals surface area (Å²) in [6, 6.07) is 16.3. The zero-order valence-electron chi connectivity index (χ0n) is 17.0. The molecule has 160 valence electrons. The van der Waals surface area contributed by atoms with Crippen LogP contribution in [0.4, 0.5) is 5.69 Å². The van der Waals surface area contributed by atoms with E-state index in [1.54, 1.807) is 23.2 Å². The molecule has 0 aromatic heterocycles. The Morgan fingerprint density at radius 3 is 2.35 bits per heavy atom. The van der Waals surface area contributed by atoms with Gasteiger partial charge < -0.3 is 0 Å². The lowest BCUT2D eigenvalue weighted by molar-refractivity contribution is -0.119. The van der Waals surface area contributed by atoms with Gasteiger partial charge in [0.25, 0.3) is 5.91 Å². The molecule has 31 heavy (non-hydrogen) atoms. The number of carbonyl (C=O) groups is 1. The molecule has 1 saturated heterocycles. The smallest absolute Gasteiger partial charge is 0.283 e. The van der Waals surface area contributed by atoms with Crippen molar-refractivity contribution in [3.8, 4) is 6.07 Å². The molecule has 1 amide bonds. The molecule has 2 aliphatic rings. The summed E-state index contributed by atoms with van der Waals surface area (Å²) in [6.07, 6.45) is 4.39. The Hall–Kier alpha value is -2.59. The number of carbonyl (C=O) groups excluding carboxylic acids is 1. The van der Waals surface area contributed by atoms with Crippen LogP contribution in [0, 0.1) is 17.2 Å². The van der Waals surface area contributed by atoms with Crippen molar-refractivity contribution in [2.24, 2.45) is 11.0 Å². The maximum atomic E-state index is 13.2. The van der Waals surface area contributed by atoms with Gasteiger partial charge in [-0.2, -0.15) is 10.4 Å². The second kappa shape index (κ2) is 9.69. The van der Waals surface area contributed by atoms with Gasteiger partial charge in [-0.3, -0.25) is 15.2 Å². The second-order valence-corrected chi connectivity index (χ2v) is 8.57. The van der Waals surface area contributed by atoms with Gasteiger partial charge in [0, 0.05) is 18.1 Å². The van der Waals surface area contributed by atoms with Crippen molar-refractivity contribution >= 4 is 40.5 Å². The number of anilines is 1. The topological polar surface area (TPSA) is 71.7 Å². The van der Waals surface area contributed by atoms with Crippen molar-refractivity contribution in [1.29, 1.82) is 5.26 Å². The number of para-hydroxylation sites is 1. The Kier molecular flexibility index (Phi) is 6.77. The van der Waals surface area contributed by atoms with Crippen molar-refractivity contribution in [3.05, 3.63) is 64.1 Å². The molecule has 0 unspecified atom stereocenters. The summed E-state index contributed by atoms with van der Waals surface area (Å²) >= 11 is 12.5. The Labute approximate surface area is 192 Å². The molecule has 6 nitrogen and oxygen atoms in total. The normalized spacial score (nSPS) is 21.8. The van der Waals surface area contributed by atoms with Gasteiger partial charge in [0.1, 0.15) is 11.6 Å². The van der Waals surface area contributed by atoms with E-state index in [-0.39, 0.29) is 11.6 Å². The van der Waals surface area contributed by atoms with Crippen LogP contribution in [-0.4, -0.2) is 29.7 Å². The van der Waals surface area contributed by atoms with Crippen LogP contribution < -0.4 is 10.4 Å². The van der Waals surface area contributed by atoms with Gasteiger partial charge in [0.15, 0.2) is 0 Å². The molecule has 0 spiro atoms. The number of nitrogens with one attached hydrogen (secondary N) is 1. The van der Waals surface area contributed by atoms with Crippen LogP contribution in [0.15, 0.2) is 53.6 Å². The molecule has 2 aromatic rings. The van der Waals surface area contributed by atoms with Gasteiger partial charge in [-0.25, -0.2) is 5.01 Å². The van der Waals surface area contributed by atoms with Gasteiger partial charge in [-0.15, -0.1) is 0 Å². The molecular weight excluding hydrogens is 433 g/mol. The van der Waals surface area contributed by atoms with Crippen LogP contribution in [0.3, 0.4) is 0 Å². The molecular formula is C23H23Cl2N5O. The van der Waals surface area contributed by atoms with Gasteiger partial charge in [0.2, 0.25) is 0 Å². The highest BCUT2D eigenvalue weighted by atomic mass is 35.5. The zero-order valence-corrected chi connectivity index (χ0v) is 18.5. The predicted molar refractivity (Wildman–Crippen MR) is 123 cm³/mol. The fraction of sp³-hybridized carbons (Fsp3) is 0.348. The minimum atomic E-state index is -0.760. The summed E-state index contributed by atoms with van der Waals surface area (Å²) in [6.45, 7) is 1.59. The van der Waals surface area contributed by atoms with Gasteiger partial charge in [0.05, 0.1) is 22.8 Å². The summed E-state index contributed by atoms with van der Waals surface area (Å²) in [5, 5.41) is 19.4. The molecule has 0 bridgehead atoms. The zero-order chi connectivity index (χ0) is 21.8. The van der Waals surface area contributed by atoms with Crippen LogP contribution in [0.5, 0.6) is 0 Å². The number of amides is 1. The number of rotatable bonds is 4. The van der Waals surface area contributed by atoms with Gasteiger partial charge in [-0.1, -0.05) is 60.3 Å². The van der Waals surface area contributed by atoms with E-state index >= 15 is 0 Å². The van der Waals surface area contributed by atoms with Crippen LogP contribution in [-0.2, 0) is 4.79 Å². The summed E-state index contributed by atoms with van der Waals surface area (Å²) in [4.78, 5) is 13.2. The Morgan fingerprint density at radius 2 is 1.71 bits per heavy atom. The fourth-order valence-corrected chi connectivity index (χ4v) is 4.42. The highest BCUT2D eigenvalue weighted by Crippen LogP contribution is 2.41. The molecule has 2 atom stereocenters. The number of hydrogen-bond donors (Lipinski definition) is 1. The quantitative estimate of drug-likeness (QED) is 0.706. The monoisotopic (exact) mass is 455 g/mol. The first kappa shape index (κ1) is 21.6. The third kappa shape index (κ3) is 4.69. The van der Waals surface area contributed by atoms with Crippen molar-refractivity contribution < 1.29 is 4.79 Å². The van der Waals surface area contributed by atoms with Crippen LogP contribution in [0.2, 0.25) is 10.0 Å². The second-order valence-electron chi connectivity index (χ2n) is 7.73. The van der Waals surface area contributed by atoms with Crippen molar-refractivity contribution in [2.75, 3.05) is 18.1 Å². The summed E-state index contributed by atoms with van der Waals surface area (Å²) in [5.41, 5.74) is 4.62. The lowest BCUT2D eigenvalue weighted by Gasteiger charge is -2.26. The molecule has 0 radical (unpaired) electrons. The number of nitrogens with zero attached hydrogens (tertiary/aromatic N) is 4. The summed E-state index contributed by atoms with van der Waals surface area (Å²) < 4.78 is 0. The van der Waals surface area contributed by atoms with E-state index in [1.807, 2.05) is 35.3 Å². The molecule has 2 heterocycles. The first-order valence-electron chi connectivity index (χ1n) is 10.4. The Morgan fingerprint density at radius 1 is 1.03 bits per heavy atom. The number of hydrazone groups is 1. The van der Waals surface area contributed by atoms with Crippen molar-refractivity contribution in [2.45, 2.75) is 31.7 Å². The average molecular weight is 456 g/mol. The number of nitriles is 1. The highest BCUT2D eigenvalue weighted by molar-refractivity contribution is 6.41. The van der Waals surface area contributed by atoms with E-state index in [0.29, 0.717) is 15.7 Å². The minimum Gasteiger partial charge on any atom is -0.284 e. The highest BCUT2D eigenvalue weighted by Gasteiger charge is 2.43. The molecule has 2 aliphatic heterocycles. The van der Waals surface area contributed by atoms with E-state index in [9.17, 15) is 10.1 Å². The van der Waals surface area contributed by atoms with Gasteiger partial charge in [-0.05, 0) is 42.7 Å². The van der Waals surface area contributed by atoms with Gasteiger partial charge >= 0.3 is 0 Å². The maximum absolute atomic E-state index is 13.2. The SMILES string of the molecule is N#C[C@H]1C(C(=O)NN2CCCCCC2)=NN(c2ccccc2Cl)[C@H]1c1ccc(Cl)cc1. The molecule has 1 N–H and O–H groups in total. The predicted octanol–water partition coefficient (Wildman–Crippen LogP) is 4.96. The fourth-order valence-electron chi connectivity index (χ4n) is 4.07. The average Bonchev–Trinajstić information content (AvgIpc) is 2.97. The summed E-state index contributed by atoms with van der Waals surface area (Å²) in [5.74, 6) is -1.11. The Bertz CT molecular complexity index is 1010. The largest absolute Gasteiger partial charge is 0.284 e. The van der Waals surface area contributed by atoms with E-state index in [1.165, 1.54) is 0 Å². The standard InChI is InChI=1S/C23H23Cl2N5O/c24-17-11-9-16(10-12-17)22-18(15-26)21(23(31)28-29-13-5-1-2-6-14-29)27-30(22)20-8-4-3-7-19(20)25/h3-4,7-12,18,22H,1-2,5-6,13-14H2,(H,28,31)/t18-,22-/m0/s1. The first-order chi connectivity index (χ1) is 15.1. The molecule has 8 heteroatoms. The molecule has 0 saturated carbocycles. The van der Waals surface area contributed by atoms with Crippen LogP contribution in [0.1, 0.15) is 37.3 Å². The van der Waals surface area contributed by atoms with E-state index in [4.69, 9.17) is 23.2 Å². The molecule has 0 aliphatic carbocycles. The Balaban J connectivity index is 1.69. The van der Waals surface area contributed by atoms with Crippen LogP contribution in [0.25, 0.3) is 0 Å². The summed E-state index contributed by atoms with van der Waals surface area (Å²) in [7, 11) is 0. The van der Waals surface area contributed by atoms with Crippen molar-refractivity contribution in [1.82, 2.24) is 10.4 Å². The minimum absolute atomic E-state index is 0.187. The lowest BCUT2D eigenvalue weighted by atomic mass is 9.90. The maximum Gasteiger partial charge on any atom is 0.283 e. The van der Waals surface area contributed by atoms with E-state index in [0.717, 1.165) is 44.3 Å².